The summed E-state index contributed by atoms with van der Waals surface area (Å²) in [6.45, 7) is 6.16. The molecule has 1 heterocycles. The molecule has 0 aromatic heterocycles. The van der Waals surface area contributed by atoms with Crippen LogP contribution in [0.5, 0.6) is 0 Å². The van der Waals surface area contributed by atoms with E-state index in [0.29, 0.717) is 6.04 Å². The highest BCUT2D eigenvalue weighted by molar-refractivity contribution is 5.00. The van der Waals surface area contributed by atoms with Gasteiger partial charge in [-0.25, -0.2) is 0 Å². The number of nitrogens with two attached hydrogens (primary N) is 1. The van der Waals surface area contributed by atoms with Crippen molar-refractivity contribution in [2.75, 3.05) is 47.3 Å². The van der Waals surface area contributed by atoms with Crippen LogP contribution in [-0.2, 0) is 0 Å². The van der Waals surface area contributed by atoms with Gasteiger partial charge in [-0.2, -0.15) is 0 Å². The minimum atomic E-state index is 0.143. The van der Waals surface area contributed by atoms with Crippen molar-refractivity contribution in [3.05, 3.63) is 0 Å². The molecule has 2 atom stereocenters. The van der Waals surface area contributed by atoms with Crippen molar-refractivity contribution in [2.24, 2.45) is 5.73 Å². The largest absolute Gasteiger partial charge is 0.329 e. The average Bonchev–Trinajstić information content (AvgIpc) is 2.43. The zero-order chi connectivity index (χ0) is 11.5. The second kappa shape index (κ2) is 5.25. The molecular formula is C11H26N4. The van der Waals surface area contributed by atoms with Crippen molar-refractivity contribution in [3.8, 4) is 0 Å². The number of nitrogens with one attached hydrogen (secondary N) is 1. The Balaban J connectivity index is 2.41. The summed E-state index contributed by atoms with van der Waals surface area (Å²) in [6, 6.07) is 0.639. The van der Waals surface area contributed by atoms with E-state index in [1.807, 2.05) is 0 Å². The van der Waals surface area contributed by atoms with Gasteiger partial charge >= 0.3 is 0 Å². The first-order valence-corrected chi connectivity index (χ1v) is 5.79. The van der Waals surface area contributed by atoms with Gasteiger partial charge in [0.15, 0.2) is 0 Å². The fourth-order valence-corrected chi connectivity index (χ4v) is 2.31. The smallest absolute Gasteiger partial charge is 0.0447 e. The van der Waals surface area contributed by atoms with Crippen LogP contribution in [0.3, 0.4) is 0 Å². The maximum Gasteiger partial charge on any atom is 0.0447 e. The van der Waals surface area contributed by atoms with Crippen LogP contribution in [-0.4, -0.2) is 68.7 Å². The zero-order valence-corrected chi connectivity index (χ0v) is 10.6. The van der Waals surface area contributed by atoms with Gasteiger partial charge in [0.2, 0.25) is 0 Å². The molecule has 0 aliphatic carbocycles. The van der Waals surface area contributed by atoms with Crippen molar-refractivity contribution in [2.45, 2.75) is 24.9 Å². The van der Waals surface area contributed by atoms with E-state index in [1.54, 1.807) is 0 Å². The van der Waals surface area contributed by atoms with Crippen LogP contribution in [0, 0.1) is 0 Å². The van der Waals surface area contributed by atoms with E-state index in [-0.39, 0.29) is 5.54 Å². The molecule has 1 aliphatic rings. The lowest BCUT2D eigenvalue weighted by molar-refractivity contribution is 0.289. The van der Waals surface area contributed by atoms with Crippen molar-refractivity contribution in [1.82, 2.24) is 15.1 Å². The molecule has 0 radical (unpaired) electrons. The first kappa shape index (κ1) is 12.9. The number of likely N-dealkylation sites (tertiary alicyclic amines) is 1. The molecule has 3 N–H and O–H groups in total. The highest BCUT2D eigenvalue weighted by atomic mass is 15.2. The number of nitrogens with zero attached hydrogens (tertiary/aromatic N) is 2. The van der Waals surface area contributed by atoms with Gasteiger partial charge in [0.05, 0.1) is 0 Å². The molecule has 2 unspecified atom stereocenters. The van der Waals surface area contributed by atoms with Gasteiger partial charge in [-0.3, -0.25) is 0 Å². The van der Waals surface area contributed by atoms with Crippen molar-refractivity contribution in [1.29, 1.82) is 0 Å². The Morgan fingerprint density at radius 1 is 1.53 bits per heavy atom. The Morgan fingerprint density at radius 2 is 2.20 bits per heavy atom. The number of hydrogen-bond donors (Lipinski definition) is 2. The predicted octanol–water partition coefficient (Wildman–Crippen LogP) is -0.441. The standard InChI is InChI=1S/C11H26N4/c1-10-7-11(8-12,9-15(10)4)13-5-6-14(2)3/h10,13H,5-9,12H2,1-4H3. The quantitative estimate of drug-likeness (QED) is 0.651. The van der Waals surface area contributed by atoms with Gasteiger partial charge in [-0.15, -0.1) is 0 Å². The normalized spacial score (nSPS) is 32.8. The number of rotatable bonds is 5. The summed E-state index contributed by atoms with van der Waals surface area (Å²) in [5.74, 6) is 0. The molecule has 0 aromatic carbocycles. The molecule has 0 saturated carbocycles. The zero-order valence-electron chi connectivity index (χ0n) is 10.6. The Kier molecular flexibility index (Phi) is 4.52. The van der Waals surface area contributed by atoms with E-state index in [9.17, 15) is 0 Å². The van der Waals surface area contributed by atoms with Gasteiger partial charge in [-0.1, -0.05) is 0 Å². The summed E-state index contributed by atoms with van der Waals surface area (Å²) >= 11 is 0. The lowest BCUT2D eigenvalue weighted by Crippen LogP contribution is -2.54. The van der Waals surface area contributed by atoms with Gasteiger partial charge in [0.1, 0.15) is 0 Å². The molecular weight excluding hydrogens is 188 g/mol. The predicted molar refractivity (Wildman–Crippen MR) is 65.1 cm³/mol. The van der Waals surface area contributed by atoms with Crippen LogP contribution in [0.25, 0.3) is 0 Å². The fourth-order valence-electron chi connectivity index (χ4n) is 2.31. The Labute approximate surface area is 93.8 Å². The van der Waals surface area contributed by atoms with Crippen LogP contribution >= 0.6 is 0 Å². The van der Waals surface area contributed by atoms with Crippen molar-refractivity contribution < 1.29 is 0 Å². The van der Waals surface area contributed by atoms with Crippen LogP contribution in [0.4, 0.5) is 0 Å². The molecule has 4 nitrogen and oxygen atoms in total. The summed E-state index contributed by atoms with van der Waals surface area (Å²) < 4.78 is 0. The molecule has 0 spiro atoms. The first-order valence-electron chi connectivity index (χ1n) is 5.79. The van der Waals surface area contributed by atoms with E-state index in [2.05, 4.69) is 43.2 Å². The highest BCUT2D eigenvalue weighted by Crippen LogP contribution is 2.24. The Bertz CT molecular complexity index is 183. The monoisotopic (exact) mass is 214 g/mol. The number of likely N-dealkylation sites (N-methyl/N-ethyl adjacent to an activating group) is 2. The van der Waals surface area contributed by atoms with Crippen LogP contribution in [0.1, 0.15) is 13.3 Å². The second-order valence-electron chi connectivity index (χ2n) is 5.18. The lowest BCUT2D eigenvalue weighted by Gasteiger charge is -2.29. The molecule has 4 heteroatoms. The van der Waals surface area contributed by atoms with Crippen molar-refractivity contribution >= 4 is 0 Å². The molecule has 0 aromatic rings. The van der Waals surface area contributed by atoms with E-state index in [1.165, 1.54) is 0 Å². The number of hydrogen-bond acceptors (Lipinski definition) is 4. The SMILES string of the molecule is CC1CC(CN)(NCCN(C)C)CN1C. The summed E-state index contributed by atoms with van der Waals surface area (Å²) in [5.41, 5.74) is 6.05. The highest BCUT2D eigenvalue weighted by Gasteiger charge is 2.38. The van der Waals surface area contributed by atoms with Crippen LogP contribution in [0.15, 0.2) is 0 Å². The van der Waals surface area contributed by atoms with E-state index in [0.717, 1.165) is 32.6 Å². The average molecular weight is 214 g/mol. The van der Waals surface area contributed by atoms with Crippen molar-refractivity contribution in [3.63, 3.8) is 0 Å². The molecule has 1 rings (SSSR count). The van der Waals surface area contributed by atoms with Crippen LogP contribution < -0.4 is 11.1 Å². The summed E-state index contributed by atoms with van der Waals surface area (Å²) in [7, 11) is 6.37. The molecule has 1 aliphatic heterocycles. The molecule has 0 amide bonds. The Hall–Kier alpha value is -0.160. The lowest BCUT2D eigenvalue weighted by atomic mass is 9.96. The summed E-state index contributed by atoms with van der Waals surface area (Å²) in [4.78, 5) is 4.58. The molecule has 15 heavy (non-hydrogen) atoms. The third-order valence-corrected chi connectivity index (χ3v) is 3.44. The fraction of sp³-hybridized carbons (Fsp3) is 1.00. The summed E-state index contributed by atoms with van der Waals surface area (Å²) in [6.07, 6.45) is 1.16. The third-order valence-electron chi connectivity index (χ3n) is 3.44. The first-order chi connectivity index (χ1) is 6.99. The van der Waals surface area contributed by atoms with Gasteiger partial charge in [-0.05, 0) is 34.5 Å². The topological polar surface area (TPSA) is 44.5 Å². The second-order valence-corrected chi connectivity index (χ2v) is 5.18. The molecule has 1 saturated heterocycles. The van der Waals surface area contributed by atoms with E-state index >= 15 is 0 Å². The molecule has 0 bridgehead atoms. The molecule has 90 valence electrons. The minimum absolute atomic E-state index is 0.143. The van der Waals surface area contributed by atoms with E-state index < -0.39 is 0 Å². The van der Waals surface area contributed by atoms with Crippen LogP contribution in [0.2, 0.25) is 0 Å². The maximum absolute atomic E-state index is 5.91. The molecule has 1 fully saturated rings. The summed E-state index contributed by atoms with van der Waals surface area (Å²) in [5, 5.41) is 3.63. The van der Waals surface area contributed by atoms with Gasteiger partial charge in [0.25, 0.3) is 0 Å². The minimum Gasteiger partial charge on any atom is -0.329 e. The maximum atomic E-state index is 5.91. The van der Waals surface area contributed by atoms with Gasteiger partial charge < -0.3 is 20.9 Å². The third kappa shape index (κ3) is 3.41. The Morgan fingerprint density at radius 3 is 2.60 bits per heavy atom. The van der Waals surface area contributed by atoms with E-state index in [4.69, 9.17) is 5.73 Å². The van der Waals surface area contributed by atoms with Gasteiger partial charge in [0, 0.05) is 37.8 Å².